The number of carbonyl (C=O) groups is 1. The van der Waals surface area contributed by atoms with Gasteiger partial charge in [-0.3, -0.25) is 9.69 Å². The molecule has 110 valence electrons. The Morgan fingerprint density at radius 1 is 1.43 bits per heavy atom. The second-order valence-corrected chi connectivity index (χ2v) is 5.48. The molecule has 6 nitrogen and oxygen atoms in total. The fourth-order valence-electron chi connectivity index (χ4n) is 2.75. The van der Waals surface area contributed by atoms with Gasteiger partial charge in [-0.05, 0) is 24.5 Å². The lowest BCUT2D eigenvalue weighted by molar-refractivity contribution is 0.0922. The monoisotopic (exact) mass is 285 g/mol. The zero-order valence-electron chi connectivity index (χ0n) is 12.0. The van der Waals surface area contributed by atoms with Crippen molar-refractivity contribution < 1.29 is 4.79 Å². The summed E-state index contributed by atoms with van der Waals surface area (Å²) in [6, 6.07) is 8.62. The third-order valence-corrected chi connectivity index (χ3v) is 3.77. The molecule has 2 aromatic rings. The number of nitrogens with zero attached hydrogens (tertiary/aromatic N) is 3. The molecular weight excluding hydrogens is 266 g/mol. The van der Waals surface area contributed by atoms with E-state index in [-0.39, 0.29) is 11.9 Å². The molecule has 6 heteroatoms. The first kappa shape index (κ1) is 13.8. The molecule has 0 spiro atoms. The maximum Gasteiger partial charge on any atom is 0.273 e. The van der Waals surface area contributed by atoms with Crippen LogP contribution in [0.2, 0.25) is 0 Å². The summed E-state index contributed by atoms with van der Waals surface area (Å²) in [6.45, 7) is 4.82. The van der Waals surface area contributed by atoms with E-state index in [1.165, 1.54) is 17.3 Å². The minimum Gasteiger partial charge on any atom is -0.347 e. The van der Waals surface area contributed by atoms with Crippen molar-refractivity contribution in [1.29, 1.82) is 0 Å². The van der Waals surface area contributed by atoms with E-state index in [2.05, 4.69) is 49.9 Å². The van der Waals surface area contributed by atoms with Crippen molar-refractivity contribution in [2.45, 2.75) is 25.9 Å². The highest BCUT2D eigenvalue weighted by Crippen LogP contribution is 2.18. The van der Waals surface area contributed by atoms with Crippen molar-refractivity contribution in [1.82, 2.24) is 25.6 Å². The zero-order valence-corrected chi connectivity index (χ0v) is 12.0. The lowest BCUT2D eigenvalue weighted by Gasteiger charge is -2.30. The average molecular weight is 285 g/mol. The normalized spacial score (nSPS) is 16.2. The molecule has 1 amide bonds. The lowest BCUT2D eigenvalue weighted by atomic mass is 10.00. The number of H-pyrrole nitrogens is 1. The molecule has 1 aromatic heterocycles. The van der Waals surface area contributed by atoms with Gasteiger partial charge in [-0.1, -0.05) is 24.3 Å². The van der Waals surface area contributed by atoms with Crippen LogP contribution >= 0.6 is 0 Å². The predicted octanol–water partition coefficient (Wildman–Crippen LogP) is 0.981. The fraction of sp³-hybridized carbons (Fsp3) is 0.400. The summed E-state index contributed by atoms with van der Waals surface area (Å²) in [5.41, 5.74) is 3.15. The molecule has 2 heterocycles. The molecular formula is C15H19N5O. The van der Waals surface area contributed by atoms with E-state index in [0.29, 0.717) is 5.69 Å². The first-order valence-corrected chi connectivity index (χ1v) is 7.18. The highest BCUT2D eigenvalue weighted by atomic mass is 16.2. The van der Waals surface area contributed by atoms with Crippen LogP contribution in [0.25, 0.3) is 0 Å². The van der Waals surface area contributed by atoms with Gasteiger partial charge in [0.1, 0.15) is 0 Å². The first-order valence-electron chi connectivity index (χ1n) is 7.18. The van der Waals surface area contributed by atoms with Gasteiger partial charge in [-0.15, -0.1) is 0 Å². The third-order valence-electron chi connectivity index (χ3n) is 3.77. The summed E-state index contributed by atoms with van der Waals surface area (Å²) in [5, 5.41) is 12.8. The second kappa shape index (κ2) is 6.05. The van der Waals surface area contributed by atoms with E-state index < -0.39 is 0 Å². The van der Waals surface area contributed by atoms with Gasteiger partial charge in [-0.2, -0.15) is 15.4 Å². The number of hydrogen-bond acceptors (Lipinski definition) is 4. The number of rotatable bonds is 4. The van der Waals surface area contributed by atoms with Crippen LogP contribution < -0.4 is 5.32 Å². The topological polar surface area (TPSA) is 73.9 Å². The minimum absolute atomic E-state index is 0.0689. The van der Waals surface area contributed by atoms with Crippen molar-refractivity contribution in [2.75, 3.05) is 13.1 Å². The Hall–Kier alpha value is -2.21. The molecule has 1 aromatic carbocycles. The van der Waals surface area contributed by atoms with Crippen LogP contribution in [0, 0.1) is 0 Å². The van der Waals surface area contributed by atoms with E-state index in [4.69, 9.17) is 0 Å². The van der Waals surface area contributed by atoms with Crippen LogP contribution in [0.1, 0.15) is 28.5 Å². The Labute approximate surface area is 123 Å². The van der Waals surface area contributed by atoms with Crippen LogP contribution in [0.5, 0.6) is 0 Å². The molecule has 21 heavy (non-hydrogen) atoms. The van der Waals surface area contributed by atoms with Crippen LogP contribution in [0.3, 0.4) is 0 Å². The third kappa shape index (κ3) is 3.28. The Balaban J connectivity index is 1.54. The lowest BCUT2D eigenvalue weighted by Crippen LogP contribution is -2.43. The molecule has 1 atom stereocenters. The summed E-state index contributed by atoms with van der Waals surface area (Å²) >= 11 is 0. The van der Waals surface area contributed by atoms with Crippen LogP contribution in [-0.4, -0.2) is 45.3 Å². The maximum atomic E-state index is 11.9. The fourth-order valence-corrected chi connectivity index (χ4v) is 2.75. The Morgan fingerprint density at radius 2 is 2.24 bits per heavy atom. The molecule has 0 aliphatic carbocycles. The number of amides is 1. The largest absolute Gasteiger partial charge is 0.347 e. The van der Waals surface area contributed by atoms with Crippen molar-refractivity contribution in [3.8, 4) is 0 Å². The van der Waals surface area contributed by atoms with E-state index in [1.54, 1.807) is 0 Å². The standard InChI is InChI=1S/C15H19N5O/c1-11(17-15(21)14-8-16-19-18-14)9-20-7-6-12-4-2-3-5-13(12)10-20/h2-5,8,11H,6-7,9-10H2,1H3,(H,17,21)(H,16,18,19)/t11-/m1/s1. The quantitative estimate of drug-likeness (QED) is 0.878. The van der Waals surface area contributed by atoms with Gasteiger partial charge < -0.3 is 5.32 Å². The average Bonchev–Trinajstić information content (AvgIpc) is 3.01. The van der Waals surface area contributed by atoms with E-state index >= 15 is 0 Å². The molecule has 3 rings (SSSR count). The molecule has 0 saturated carbocycles. The molecule has 0 radical (unpaired) electrons. The number of carbonyl (C=O) groups excluding carboxylic acids is 1. The summed E-state index contributed by atoms with van der Waals surface area (Å²) in [7, 11) is 0. The Kier molecular flexibility index (Phi) is 3.96. The predicted molar refractivity (Wildman–Crippen MR) is 78.7 cm³/mol. The smallest absolute Gasteiger partial charge is 0.273 e. The number of benzene rings is 1. The van der Waals surface area contributed by atoms with E-state index in [1.807, 2.05) is 6.92 Å². The highest BCUT2D eigenvalue weighted by Gasteiger charge is 2.19. The SMILES string of the molecule is C[C@H](CN1CCc2ccccc2C1)NC(=O)c1cn[nH]n1. The van der Waals surface area contributed by atoms with Gasteiger partial charge in [0.2, 0.25) is 0 Å². The van der Waals surface area contributed by atoms with Crippen molar-refractivity contribution in [2.24, 2.45) is 0 Å². The van der Waals surface area contributed by atoms with Crippen LogP contribution in [-0.2, 0) is 13.0 Å². The summed E-state index contributed by atoms with van der Waals surface area (Å²) < 4.78 is 0. The van der Waals surface area contributed by atoms with Gasteiger partial charge >= 0.3 is 0 Å². The molecule has 0 unspecified atom stereocenters. The molecule has 0 saturated heterocycles. The molecule has 0 fully saturated rings. The number of nitrogens with one attached hydrogen (secondary N) is 2. The van der Waals surface area contributed by atoms with E-state index in [0.717, 1.165) is 26.1 Å². The van der Waals surface area contributed by atoms with Gasteiger partial charge in [-0.25, -0.2) is 0 Å². The van der Waals surface area contributed by atoms with Crippen LogP contribution in [0.4, 0.5) is 0 Å². The molecule has 2 N–H and O–H groups in total. The Bertz CT molecular complexity index is 610. The number of aromatic amines is 1. The summed E-state index contributed by atoms with van der Waals surface area (Å²) in [5.74, 6) is -0.186. The van der Waals surface area contributed by atoms with Gasteiger partial charge in [0.05, 0.1) is 6.20 Å². The number of aromatic nitrogens is 3. The zero-order chi connectivity index (χ0) is 14.7. The first-order chi connectivity index (χ1) is 10.2. The molecule has 0 bridgehead atoms. The number of hydrogen-bond donors (Lipinski definition) is 2. The van der Waals surface area contributed by atoms with Crippen molar-refractivity contribution in [3.05, 3.63) is 47.3 Å². The van der Waals surface area contributed by atoms with Crippen molar-refractivity contribution >= 4 is 5.91 Å². The van der Waals surface area contributed by atoms with Gasteiger partial charge in [0, 0.05) is 25.7 Å². The van der Waals surface area contributed by atoms with Crippen LogP contribution in [0.15, 0.2) is 30.5 Å². The highest BCUT2D eigenvalue weighted by molar-refractivity contribution is 5.91. The van der Waals surface area contributed by atoms with Crippen molar-refractivity contribution in [3.63, 3.8) is 0 Å². The number of fused-ring (bicyclic) bond motifs is 1. The summed E-state index contributed by atoms with van der Waals surface area (Å²) in [4.78, 5) is 14.3. The van der Waals surface area contributed by atoms with Gasteiger partial charge in [0.15, 0.2) is 5.69 Å². The maximum absolute atomic E-state index is 11.9. The van der Waals surface area contributed by atoms with E-state index in [9.17, 15) is 4.79 Å². The minimum atomic E-state index is -0.186. The molecule has 1 aliphatic heterocycles. The van der Waals surface area contributed by atoms with Gasteiger partial charge in [0.25, 0.3) is 5.91 Å². The summed E-state index contributed by atoms with van der Waals surface area (Å²) in [6.07, 6.45) is 2.50. The molecule has 1 aliphatic rings. The Morgan fingerprint density at radius 3 is 3.00 bits per heavy atom. The second-order valence-electron chi connectivity index (χ2n) is 5.48.